The second-order valence-electron chi connectivity index (χ2n) is 15.7. The van der Waals surface area contributed by atoms with Crippen LogP contribution in [0.25, 0.3) is 0 Å². The van der Waals surface area contributed by atoms with E-state index in [1.54, 1.807) is 0 Å². The lowest BCUT2D eigenvalue weighted by Gasteiger charge is -2.42. The Hall–Kier alpha value is -2.18. The Morgan fingerprint density at radius 3 is 2.68 bits per heavy atom. The minimum atomic E-state index is -0.649. The van der Waals surface area contributed by atoms with Crippen LogP contribution in [-0.4, -0.2) is 39.5 Å². The van der Waals surface area contributed by atoms with E-state index in [0.29, 0.717) is 24.7 Å². The fourth-order valence-corrected chi connectivity index (χ4v) is 8.40. The van der Waals surface area contributed by atoms with Crippen molar-refractivity contribution in [3.05, 3.63) is 53.3 Å². The zero-order chi connectivity index (χ0) is 31.7. The van der Waals surface area contributed by atoms with Gasteiger partial charge in [-0.3, -0.25) is 4.79 Å². The molecule has 0 amide bonds. The first-order valence-corrected chi connectivity index (χ1v) is 17.5. The van der Waals surface area contributed by atoms with E-state index in [9.17, 15) is 15.0 Å². The number of unbranched alkanes of at least 4 members (excludes halogenated alkanes) is 1. The maximum Gasteiger partial charge on any atom is 0.311 e. The van der Waals surface area contributed by atoms with Crippen LogP contribution in [0.1, 0.15) is 136 Å². The van der Waals surface area contributed by atoms with Crippen LogP contribution in [0.5, 0.6) is 0 Å². The molecule has 2 N–H and O–H groups in total. The molecule has 1 aromatic rings. The fraction of sp³-hybridized carbons (Fsp3) is 0.737. The Kier molecular flexibility index (Phi) is 10.0. The normalized spacial score (nSPS) is 32.6. The molecule has 4 aliphatic rings. The number of rotatable bonds is 11. The minimum absolute atomic E-state index is 0.142. The number of aryl methyl sites for hydroxylation is 1. The van der Waals surface area contributed by atoms with Gasteiger partial charge >= 0.3 is 5.97 Å². The van der Waals surface area contributed by atoms with Crippen LogP contribution < -0.4 is 0 Å². The van der Waals surface area contributed by atoms with Crippen LogP contribution in [0.3, 0.4) is 0 Å². The van der Waals surface area contributed by atoms with Crippen molar-refractivity contribution in [2.75, 3.05) is 0 Å². The Bertz CT molecular complexity index is 1250. The maximum atomic E-state index is 13.1. The van der Waals surface area contributed by atoms with Crippen molar-refractivity contribution in [2.45, 2.75) is 155 Å². The summed E-state index contributed by atoms with van der Waals surface area (Å²) in [7, 11) is 0. The average molecular weight is 608 g/mol. The van der Waals surface area contributed by atoms with E-state index >= 15 is 0 Å². The van der Waals surface area contributed by atoms with Crippen LogP contribution in [0.4, 0.5) is 0 Å². The zero-order valence-electron chi connectivity index (χ0n) is 28.0. The molecular formula is C38H57NO5. The summed E-state index contributed by atoms with van der Waals surface area (Å²) in [6.07, 6.45) is 19.9. The van der Waals surface area contributed by atoms with E-state index < -0.39 is 17.6 Å². The molecule has 0 bridgehead atoms. The van der Waals surface area contributed by atoms with Crippen LogP contribution in [0, 0.1) is 22.7 Å². The topological polar surface area (TPSA) is 92.8 Å². The number of aliphatic hydroxyl groups excluding tert-OH is 2. The number of carbonyl (C=O) groups is 1. The van der Waals surface area contributed by atoms with E-state index in [1.807, 2.05) is 27.0 Å². The molecule has 0 spiro atoms. The number of esters is 1. The number of oxazole rings is 1. The Morgan fingerprint density at radius 2 is 1.98 bits per heavy atom. The summed E-state index contributed by atoms with van der Waals surface area (Å²) in [5.41, 5.74) is 2.70. The van der Waals surface area contributed by atoms with Gasteiger partial charge in [0, 0.05) is 12.8 Å². The van der Waals surface area contributed by atoms with Crippen molar-refractivity contribution in [1.29, 1.82) is 0 Å². The summed E-state index contributed by atoms with van der Waals surface area (Å²) < 4.78 is 12.6. The number of carbonyl (C=O) groups excluding carboxylic acids is 1. The van der Waals surface area contributed by atoms with Crippen molar-refractivity contribution in [2.24, 2.45) is 22.7 Å². The SMILES string of the molecule is C=C1/C(=C\C=C2/CCCC3(C)C(CCCC(OC(=O)C(C)(C)C)C4(c5ncc(CCCC)o5)CC4)CCC23)C[C@@H](O)C[C@@H]1O. The minimum Gasteiger partial charge on any atom is -0.461 e. The third-order valence-electron chi connectivity index (χ3n) is 11.5. The maximum absolute atomic E-state index is 13.1. The number of fused-ring (bicyclic) bond motifs is 1. The van der Waals surface area contributed by atoms with Crippen LogP contribution in [0.2, 0.25) is 0 Å². The number of aliphatic hydroxyl groups is 2. The monoisotopic (exact) mass is 607 g/mol. The van der Waals surface area contributed by atoms with Gasteiger partial charge in [-0.1, -0.05) is 44.6 Å². The summed E-state index contributed by atoms with van der Waals surface area (Å²) in [4.78, 5) is 17.9. The van der Waals surface area contributed by atoms with Gasteiger partial charge in [-0.15, -0.1) is 0 Å². The van der Waals surface area contributed by atoms with Crippen LogP contribution in [-0.2, 0) is 21.4 Å². The molecule has 244 valence electrons. The molecule has 4 unspecified atom stereocenters. The summed E-state index contributed by atoms with van der Waals surface area (Å²) in [6.45, 7) is 14.6. The number of ether oxygens (including phenoxy) is 1. The second-order valence-corrected chi connectivity index (χ2v) is 15.7. The second kappa shape index (κ2) is 13.3. The van der Waals surface area contributed by atoms with Crippen molar-refractivity contribution in [1.82, 2.24) is 4.98 Å². The van der Waals surface area contributed by atoms with Gasteiger partial charge < -0.3 is 19.4 Å². The first-order valence-electron chi connectivity index (χ1n) is 17.5. The van der Waals surface area contributed by atoms with Gasteiger partial charge in [0.25, 0.3) is 0 Å². The van der Waals surface area contributed by atoms with Gasteiger partial charge in [0.1, 0.15) is 11.9 Å². The molecule has 6 heteroatoms. The summed E-state index contributed by atoms with van der Waals surface area (Å²) in [5.74, 6) is 2.78. The van der Waals surface area contributed by atoms with Crippen molar-refractivity contribution >= 4 is 5.97 Å². The molecule has 0 aliphatic heterocycles. The fourth-order valence-electron chi connectivity index (χ4n) is 8.40. The largest absolute Gasteiger partial charge is 0.461 e. The molecule has 0 saturated heterocycles. The quantitative estimate of drug-likeness (QED) is 0.246. The van der Waals surface area contributed by atoms with E-state index in [-0.39, 0.29) is 22.9 Å². The lowest BCUT2D eigenvalue weighted by atomic mass is 9.62. The van der Waals surface area contributed by atoms with Gasteiger partial charge in [-0.05, 0) is 126 Å². The number of hydrogen-bond acceptors (Lipinski definition) is 6. The Morgan fingerprint density at radius 1 is 1.20 bits per heavy atom. The van der Waals surface area contributed by atoms with Gasteiger partial charge in [-0.2, -0.15) is 0 Å². The Balaban J connectivity index is 1.26. The molecule has 0 aromatic carbocycles. The molecule has 1 heterocycles. The summed E-state index contributed by atoms with van der Waals surface area (Å²) in [5, 5.41) is 20.5. The third kappa shape index (κ3) is 6.97. The van der Waals surface area contributed by atoms with E-state index in [4.69, 9.17) is 14.1 Å². The molecule has 1 aromatic heterocycles. The smallest absolute Gasteiger partial charge is 0.311 e. The number of nitrogens with zero attached hydrogens (tertiary/aromatic N) is 1. The van der Waals surface area contributed by atoms with E-state index in [0.717, 1.165) is 80.6 Å². The molecular weight excluding hydrogens is 550 g/mol. The highest BCUT2D eigenvalue weighted by molar-refractivity contribution is 5.75. The lowest BCUT2D eigenvalue weighted by Crippen LogP contribution is -2.36. The van der Waals surface area contributed by atoms with Crippen LogP contribution >= 0.6 is 0 Å². The van der Waals surface area contributed by atoms with Gasteiger partial charge in [0.2, 0.25) is 5.89 Å². The zero-order valence-corrected chi connectivity index (χ0v) is 28.0. The molecule has 6 nitrogen and oxygen atoms in total. The highest BCUT2D eigenvalue weighted by atomic mass is 16.5. The average Bonchev–Trinajstić information content (AvgIpc) is 3.50. The first-order chi connectivity index (χ1) is 20.9. The van der Waals surface area contributed by atoms with Crippen molar-refractivity contribution in [3.8, 4) is 0 Å². The van der Waals surface area contributed by atoms with E-state index in [1.165, 1.54) is 31.3 Å². The first kappa shape index (κ1) is 33.2. The number of allylic oxidation sites excluding steroid dienone is 3. The Labute approximate surface area is 265 Å². The predicted octanol–water partition coefficient (Wildman–Crippen LogP) is 8.32. The molecule has 4 fully saturated rings. The number of aromatic nitrogens is 1. The highest BCUT2D eigenvalue weighted by Crippen LogP contribution is 2.59. The third-order valence-corrected chi connectivity index (χ3v) is 11.5. The molecule has 5 rings (SSSR count). The summed E-state index contributed by atoms with van der Waals surface area (Å²) >= 11 is 0. The highest BCUT2D eigenvalue weighted by Gasteiger charge is 2.57. The van der Waals surface area contributed by atoms with Crippen molar-refractivity contribution < 1.29 is 24.2 Å². The lowest BCUT2D eigenvalue weighted by molar-refractivity contribution is -0.161. The molecule has 4 aliphatic carbocycles. The summed E-state index contributed by atoms with van der Waals surface area (Å²) in [6, 6.07) is 0. The van der Waals surface area contributed by atoms with Crippen molar-refractivity contribution in [3.63, 3.8) is 0 Å². The van der Waals surface area contributed by atoms with Gasteiger partial charge in [-0.25, -0.2) is 4.98 Å². The van der Waals surface area contributed by atoms with Gasteiger partial charge in [0.05, 0.1) is 29.2 Å². The molecule has 0 radical (unpaired) electrons. The standard InChI is InChI=1S/C38H57NO5/c1-7-8-13-30-24-39-34(43-30)38(20-21-38)33(44-35(42)36(3,4)5)14-9-12-28-17-18-31-26(11-10-19-37(28,31)6)15-16-27-22-29(40)23-32(41)25(27)2/h15-16,24,28-29,31-33,40-41H,2,7-14,17-23H2,1,3-6H3/b26-15+,27-16-/t28?,29-,31?,32+,33?,37?/m1/s1. The predicted molar refractivity (Wildman–Crippen MR) is 174 cm³/mol. The van der Waals surface area contributed by atoms with Crippen LogP contribution in [0.15, 0.2) is 46.1 Å². The molecule has 44 heavy (non-hydrogen) atoms. The van der Waals surface area contributed by atoms with Gasteiger partial charge in [0.15, 0.2) is 0 Å². The number of hydrogen-bond donors (Lipinski definition) is 2. The molecule has 4 saturated carbocycles. The molecule has 6 atom stereocenters. The van der Waals surface area contributed by atoms with E-state index in [2.05, 4.69) is 32.6 Å².